The summed E-state index contributed by atoms with van der Waals surface area (Å²) in [6.45, 7) is -0.0626. The summed E-state index contributed by atoms with van der Waals surface area (Å²) in [7, 11) is 0. The van der Waals surface area contributed by atoms with Gasteiger partial charge in [-0.3, -0.25) is 0 Å². The fourth-order valence-electron chi connectivity index (χ4n) is 1.44. The fraction of sp³-hybridized carbons (Fsp3) is 0.250. The van der Waals surface area contributed by atoms with Gasteiger partial charge in [0.1, 0.15) is 19.2 Å². The highest BCUT2D eigenvalue weighted by atomic mass is 16.3. The van der Waals surface area contributed by atoms with Crippen molar-refractivity contribution in [2.75, 3.05) is 18.0 Å². The molecule has 0 spiro atoms. The molecule has 0 aliphatic heterocycles. The SMILES string of the molecule is N#CCN(CC#N)c1ccc(CO)cc1C#N. The number of aliphatic hydroxyl groups is 1. The number of anilines is 1. The van der Waals surface area contributed by atoms with Gasteiger partial charge in [0.05, 0.1) is 30.0 Å². The van der Waals surface area contributed by atoms with E-state index >= 15 is 0 Å². The molecule has 0 saturated heterocycles. The number of benzene rings is 1. The molecule has 5 nitrogen and oxygen atoms in total. The van der Waals surface area contributed by atoms with Crippen LogP contribution in [0.5, 0.6) is 0 Å². The van der Waals surface area contributed by atoms with Crippen LogP contribution >= 0.6 is 0 Å². The van der Waals surface area contributed by atoms with E-state index in [1.165, 1.54) is 4.90 Å². The van der Waals surface area contributed by atoms with Gasteiger partial charge < -0.3 is 10.0 Å². The van der Waals surface area contributed by atoms with Crippen molar-refractivity contribution in [1.82, 2.24) is 0 Å². The van der Waals surface area contributed by atoms with Crippen molar-refractivity contribution in [3.05, 3.63) is 29.3 Å². The second-order valence-electron chi connectivity index (χ2n) is 3.29. The Hall–Kier alpha value is -2.55. The Bertz CT molecular complexity index is 503. The summed E-state index contributed by atoms with van der Waals surface area (Å²) < 4.78 is 0. The highest BCUT2D eigenvalue weighted by Gasteiger charge is 2.11. The summed E-state index contributed by atoms with van der Waals surface area (Å²) in [5, 5.41) is 35.3. The standard InChI is InChI=1S/C12H10N4O/c13-3-5-16(6-4-14)12-2-1-10(9-17)7-11(12)8-15/h1-2,7,17H,5-6,9H2. The van der Waals surface area contributed by atoms with Crippen molar-refractivity contribution < 1.29 is 5.11 Å². The number of hydrogen-bond acceptors (Lipinski definition) is 5. The smallest absolute Gasteiger partial charge is 0.107 e. The van der Waals surface area contributed by atoms with Crippen LogP contribution in [-0.2, 0) is 6.61 Å². The van der Waals surface area contributed by atoms with Gasteiger partial charge in [-0.1, -0.05) is 6.07 Å². The molecule has 0 aliphatic rings. The van der Waals surface area contributed by atoms with Gasteiger partial charge >= 0.3 is 0 Å². The Morgan fingerprint density at radius 2 is 1.76 bits per heavy atom. The van der Waals surface area contributed by atoms with Crippen molar-refractivity contribution in [3.8, 4) is 18.2 Å². The van der Waals surface area contributed by atoms with Crippen LogP contribution in [0.4, 0.5) is 5.69 Å². The molecule has 84 valence electrons. The molecule has 0 heterocycles. The minimum atomic E-state index is -0.147. The quantitative estimate of drug-likeness (QED) is 0.770. The van der Waals surface area contributed by atoms with E-state index in [9.17, 15) is 0 Å². The Balaban J connectivity index is 3.16. The van der Waals surface area contributed by atoms with Crippen LogP contribution < -0.4 is 4.90 Å². The fourth-order valence-corrected chi connectivity index (χ4v) is 1.44. The van der Waals surface area contributed by atoms with E-state index in [0.29, 0.717) is 16.8 Å². The molecule has 0 atom stereocenters. The third kappa shape index (κ3) is 2.95. The molecular weight excluding hydrogens is 216 g/mol. The zero-order valence-corrected chi connectivity index (χ0v) is 9.09. The number of nitriles is 3. The summed E-state index contributed by atoms with van der Waals surface area (Å²) in [4.78, 5) is 1.51. The van der Waals surface area contributed by atoms with E-state index in [1.807, 2.05) is 18.2 Å². The van der Waals surface area contributed by atoms with Crippen molar-refractivity contribution >= 4 is 5.69 Å². The maximum Gasteiger partial charge on any atom is 0.107 e. The number of aliphatic hydroxyl groups excluding tert-OH is 1. The first-order valence-corrected chi connectivity index (χ1v) is 4.89. The molecular formula is C12H10N4O. The molecule has 0 bridgehead atoms. The number of rotatable bonds is 4. The summed E-state index contributed by atoms with van der Waals surface area (Å²) in [6, 6.07) is 10.7. The summed E-state index contributed by atoms with van der Waals surface area (Å²) >= 11 is 0. The lowest BCUT2D eigenvalue weighted by Crippen LogP contribution is -2.24. The van der Waals surface area contributed by atoms with Crippen molar-refractivity contribution in [3.63, 3.8) is 0 Å². The molecule has 5 heteroatoms. The van der Waals surface area contributed by atoms with Gasteiger partial charge in [-0.2, -0.15) is 15.8 Å². The molecule has 0 saturated carbocycles. The monoisotopic (exact) mass is 226 g/mol. The lowest BCUT2D eigenvalue weighted by atomic mass is 10.1. The summed E-state index contributed by atoms with van der Waals surface area (Å²) in [5.41, 5.74) is 1.51. The van der Waals surface area contributed by atoms with Crippen LogP contribution in [0, 0.1) is 34.0 Å². The van der Waals surface area contributed by atoms with Crippen molar-refractivity contribution in [2.45, 2.75) is 6.61 Å². The number of hydrogen-bond donors (Lipinski definition) is 1. The minimum absolute atomic E-state index is 0.0424. The summed E-state index contributed by atoms with van der Waals surface area (Å²) in [6.07, 6.45) is 0. The van der Waals surface area contributed by atoms with Crippen LogP contribution in [0.15, 0.2) is 18.2 Å². The zero-order valence-electron chi connectivity index (χ0n) is 9.09. The maximum absolute atomic E-state index is 9.00. The average Bonchev–Trinajstić information content (AvgIpc) is 2.37. The molecule has 0 aliphatic carbocycles. The third-order valence-corrected chi connectivity index (χ3v) is 2.23. The molecule has 17 heavy (non-hydrogen) atoms. The van der Waals surface area contributed by atoms with Crippen molar-refractivity contribution in [2.24, 2.45) is 0 Å². The number of nitrogens with zero attached hydrogens (tertiary/aromatic N) is 4. The first kappa shape index (κ1) is 12.5. The largest absolute Gasteiger partial charge is 0.392 e. The Kier molecular flexibility index (Phi) is 4.51. The van der Waals surface area contributed by atoms with Gasteiger partial charge in [0.2, 0.25) is 0 Å². The van der Waals surface area contributed by atoms with Gasteiger partial charge in [-0.15, -0.1) is 0 Å². The van der Waals surface area contributed by atoms with Gasteiger partial charge in [-0.25, -0.2) is 0 Å². The van der Waals surface area contributed by atoms with E-state index in [2.05, 4.69) is 0 Å². The Labute approximate surface area is 99.4 Å². The van der Waals surface area contributed by atoms with Crippen molar-refractivity contribution in [1.29, 1.82) is 15.8 Å². The highest BCUT2D eigenvalue weighted by molar-refractivity contribution is 5.61. The van der Waals surface area contributed by atoms with Crippen LogP contribution in [0.2, 0.25) is 0 Å². The van der Waals surface area contributed by atoms with E-state index in [-0.39, 0.29) is 19.7 Å². The lowest BCUT2D eigenvalue weighted by molar-refractivity contribution is 0.282. The Morgan fingerprint density at radius 1 is 1.12 bits per heavy atom. The molecule has 0 unspecified atom stereocenters. The molecule has 1 aromatic carbocycles. The molecule has 0 fully saturated rings. The molecule has 1 rings (SSSR count). The normalized spacial score (nSPS) is 8.82. The first-order chi connectivity index (χ1) is 8.26. The minimum Gasteiger partial charge on any atom is -0.392 e. The summed E-state index contributed by atoms with van der Waals surface area (Å²) in [5.74, 6) is 0. The van der Waals surface area contributed by atoms with Gasteiger partial charge in [0.15, 0.2) is 0 Å². The van der Waals surface area contributed by atoms with E-state index in [1.54, 1.807) is 18.2 Å². The predicted molar refractivity (Wildman–Crippen MR) is 60.5 cm³/mol. The lowest BCUT2D eigenvalue weighted by Gasteiger charge is -2.19. The van der Waals surface area contributed by atoms with Gasteiger partial charge in [0, 0.05) is 0 Å². The maximum atomic E-state index is 9.00. The van der Waals surface area contributed by atoms with E-state index < -0.39 is 0 Å². The molecule has 0 amide bonds. The van der Waals surface area contributed by atoms with Crippen LogP contribution in [-0.4, -0.2) is 18.2 Å². The topological polar surface area (TPSA) is 94.8 Å². The van der Waals surface area contributed by atoms with Gasteiger partial charge in [-0.05, 0) is 17.7 Å². The molecule has 1 aromatic rings. The first-order valence-electron chi connectivity index (χ1n) is 4.89. The molecule has 0 radical (unpaired) electrons. The second-order valence-corrected chi connectivity index (χ2v) is 3.29. The van der Waals surface area contributed by atoms with Crippen LogP contribution in [0.3, 0.4) is 0 Å². The third-order valence-electron chi connectivity index (χ3n) is 2.23. The van der Waals surface area contributed by atoms with Gasteiger partial charge in [0.25, 0.3) is 0 Å². The zero-order chi connectivity index (χ0) is 12.7. The van der Waals surface area contributed by atoms with E-state index in [0.717, 1.165) is 0 Å². The predicted octanol–water partition coefficient (Wildman–Crippen LogP) is 0.904. The molecule has 0 aromatic heterocycles. The highest BCUT2D eigenvalue weighted by Crippen LogP contribution is 2.21. The second kappa shape index (κ2) is 6.12. The molecule has 1 N–H and O–H groups in total. The average molecular weight is 226 g/mol. The van der Waals surface area contributed by atoms with E-state index in [4.69, 9.17) is 20.9 Å². The Morgan fingerprint density at radius 3 is 2.24 bits per heavy atom. The van der Waals surface area contributed by atoms with Crippen LogP contribution in [0.25, 0.3) is 0 Å². The van der Waals surface area contributed by atoms with Crippen LogP contribution in [0.1, 0.15) is 11.1 Å².